The molecule has 5 nitrogen and oxygen atoms in total. The number of hydrogen-bond acceptors (Lipinski definition) is 4. The number of benzene rings is 1. The molecule has 0 saturated heterocycles. The number of ether oxygens (including phenoxy) is 2. The number of carbonyl (C=O) groups excluding carboxylic acids is 1. The van der Waals surface area contributed by atoms with Gasteiger partial charge < -0.3 is 14.4 Å². The van der Waals surface area contributed by atoms with Crippen LogP contribution in [-0.4, -0.2) is 36.2 Å². The molecular formula is C18H18N2O3. The summed E-state index contributed by atoms with van der Waals surface area (Å²) in [5.74, 6) is 1.41. The van der Waals surface area contributed by atoms with E-state index in [2.05, 4.69) is 4.98 Å². The van der Waals surface area contributed by atoms with Gasteiger partial charge in [0, 0.05) is 38.0 Å². The second-order valence-electron chi connectivity index (χ2n) is 5.28. The van der Waals surface area contributed by atoms with Gasteiger partial charge in [-0.25, -0.2) is 0 Å². The minimum Gasteiger partial charge on any atom is -0.454 e. The number of rotatable bonds is 5. The first kappa shape index (κ1) is 15.1. The molecule has 1 aromatic carbocycles. The van der Waals surface area contributed by atoms with Crippen molar-refractivity contribution in [1.29, 1.82) is 0 Å². The van der Waals surface area contributed by atoms with Gasteiger partial charge in [-0.15, -0.1) is 0 Å². The first-order chi connectivity index (χ1) is 11.2. The van der Waals surface area contributed by atoms with E-state index in [1.54, 1.807) is 30.3 Å². The molecule has 1 aromatic heterocycles. The molecular weight excluding hydrogens is 292 g/mol. The summed E-state index contributed by atoms with van der Waals surface area (Å²) in [5.41, 5.74) is 1.88. The maximum absolute atomic E-state index is 12.1. The zero-order chi connectivity index (χ0) is 16.1. The highest BCUT2D eigenvalue weighted by Crippen LogP contribution is 2.32. The fourth-order valence-electron chi connectivity index (χ4n) is 2.25. The molecule has 2 heterocycles. The van der Waals surface area contributed by atoms with Gasteiger partial charge in [-0.3, -0.25) is 9.78 Å². The van der Waals surface area contributed by atoms with E-state index in [1.807, 2.05) is 36.4 Å². The number of nitrogens with zero attached hydrogens (tertiary/aromatic N) is 2. The Morgan fingerprint density at radius 1 is 1.26 bits per heavy atom. The maximum Gasteiger partial charge on any atom is 0.246 e. The first-order valence-corrected chi connectivity index (χ1v) is 7.45. The third-order valence-corrected chi connectivity index (χ3v) is 3.62. The van der Waals surface area contributed by atoms with E-state index >= 15 is 0 Å². The maximum atomic E-state index is 12.1. The summed E-state index contributed by atoms with van der Waals surface area (Å²) in [6.45, 7) is 0.874. The third-order valence-electron chi connectivity index (χ3n) is 3.62. The van der Waals surface area contributed by atoms with Crippen LogP contribution >= 0.6 is 0 Å². The van der Waals surface area contributed by atoms with Crippen LogP contribution < -0.4 is 9.47 Å². The van der Waals surface area contributed by atoms with E-state index in [9.17, 15) is 4.79 Å². The number of fused-ring (bicyclic) bond motifs is 1. The number of pyridine rings is 1. The highest BCUT2D eigenvalue weighted by Gasteiger charge is 2.12. The predicted molar refractivity (Wildman–Crippen MR) is 87.2 cm³/mol. The molecule has 2 aromatic rings. The van der Waals surface area contributed by atoms with Gasteiger partial charge >= 0.3 is 0 Å². The fourth-order valence-corrected chi connectivity index (χ4v) is 2.25. The third kappa shape index (κ3) is 3.88. The van der Waals surface area contributed by atoms with Crippen molar-refractivity contribution in [2.24, 2.45) is 0 Å². The Hall–Kier alpha value is -2.82. The second-order valence-corrected chi connectivity index (χ2v) is 5.28. The van der Waals surface area contributed by atoms with Crippen molar-refractivity contribution < 1.29 is 14.3 Å². The number of likely N-dealkylation sites (N-methyl/N-ethyl adjacent to an activating group) is 1. The minimum absolute atomic E-state index is 0.0430. The van der Waals surface area contributed by atoms with Gasteiger partial charge in [0.2, 0.25) is 12.7 Å². The van der Waals surface area contributed by atoms with Crippen molar-refractivity contribution in [3.8, 4) is 11.5 Å². The van der Waals surface area contributed by atoms with Gasteiger partial charge in [-0.2, -0.15) is 0 Å². The van der Waals surface area contributed by atoms with Crippen LogP contribution in [0.25, 0.3) is 6.08 Å². The van der Waals surface area contributed by atoms with Crippen molar-refractivity contribution >= 4 is 12.0 Å². The SMILES string of the molecule is CN(CCc1ccccn1)C(=O)/C=C/c1ccc2c(c1)OCO2. The number of aromatic nitrogens is 1. The van der Waals surface area contributed by atoms with Crippen molar-refractivity contribution in [2.45, 2.75) is 6.42 Å². The summed E-state index contributed by atoms with van der Waals surface area (Å²) in [6, 6.07) is 11.4. The van der Waals surface area contributed by atoms with Crippen LogP contribution in [0.15, 0.2) is 48.7 Å². The summed E-state index contributed by atoms with van der Waals surface area (Å²) in [5, 5.41) is 0. The smallest absolute Gasteiger partial charge is 0.246 e. The highest BCUT2D eigenvalue weighted by atomic mass is 16.7. The van der Waals surface area contributed by atoms with Crippen molar-refractivity contribution in [3.63, 3.8) is 0 Å². The van der Waals surface area contributed by atoms with Crippen molar-refractivity contribution in [1.82, 2.24) is 9.88 Å². The molecule has 1 aliphatic rings. The summed E-state index contributed by atoms with van der Waals surface area (Å²) < 4.78 is 10.6. The fraction of sp³-hybridized carbons (Fsp3) is 0.222. The molecule has 0 saturated carbocycles. The van der Waals surface area contributed by atoms with E-state index in [-0.39, 0.29) is 12.7 Å². The van der Waals surface area contributed by atoms with Gasteiger partial charge in [0.25, 0.3) is 0 Å². The molecule has 5 heteroatoms. The van der Waals surface area contributed by atoms with Crippen molar-refractivity contribution in [3.05, 3.63) is 59.9 Å². The normalized spacial score (nSPS) is 12.6. The summed E-state index contributed by atoms with van der Waals surface area (Å²) in [7, 11) is 1.79. The van der Waals surface area contributed by atoms with Crippen LogP contribution in [0.2, 0.25) is 0 Å². The zero-order valence-electron chi connectivity index (χ0n) is 12.9. The van der Waals surface area contributed by atoms with Gasteiger partial charge in [0.15, 0.2) is 11.5 Å². The van der Waals surface area contributed by atoms with Gasteiger partial charge in [0.1, 0.15) is 0 Å². The van der Waals surface area contributed by atoms with Crippen molar-refractivity contribution in [2.75, 3.05) is 20.4 Å². The minimum atomic E-state index is -0.0430. The van der Waals surface area contributed by atoms with Gasteiger partial charge in [0.05, 0.1) is 0 Å². The Kier molecular flexibility index (Phi) is 4.57. The van der Waals surface area contributed by atoms with E-state index in [0.717, 1.165) is 23.4 Å². The van der Waals surface area contributed by atoms with Crippen LogP contribution in [0.3, 0.4) is 0 Å². The Balaban J connectivity index is 1.55. The molecule has 0 fully saturated rings. The standard InChI is InChI=1S/C18H18N2O3/c1-20(11-9-15-4-2-3-10-19-15)18(21)8-6-14-5-7-16-17(12-14)23-13-22-16/h2-8,10,12H,9,11,13H2,1H3/b8-6+. The highest BCUT2D eigenvalue weighted by molar-refractivity contribution is 5.91. The molecule has 23 heavy (non-hydrogen) atoms. The quantitative estimate of drug-likeness (QED) is 0.796. The van der Waals surface area contributed by atoms with Gasteiger partial charge in [-0.05, 0) is 35.9 Å². The average molecular weight is 310 g/mol. The predicted octanol–water partition coefficient (Wildman–Crippen LogP) is 2.52. The van der Waals surface area contributed by atoms with Crippen LogP contribution in [0, 0.1) is 0 Å². The monoisotopic (exact) mass is 310 g/mol. The zero-order valence-corrected chi connectivity index (χ0v) is 12.9. The van der Waals surface area contributed by atoms with E-state index in [0.29, 0.717) is 12.3 Å². The lowest BCUT2D eigenvalue weighted by atomic mass is 10.2. The summed E-state index contributed by atoms with van der Waals surface area (Å²) >= 11 is 0. The largest absolute Gasteiger partial charge is 0.454 e. The Morgan fingerprint density at radius 2 is 2.13 bits per heavy atom. The lowest BCUT2D eigenvalue weighted by molar-refractivity contribution is -0.124. The van der Waals surface area contributed by atoms with Crippen LogP contribution in [-0.2, 0) is 11.2 Å². The number of hydrogen-bond donors (Lipinski definition) is 0. The molecule has 3 rings (SSSR count). The molecule has 0 atom stereocenters. The molecule has 1 amide bonds. The molecule has 0 aliphatic carbocycles. The molecule has 0 unspecified atom stereocenters. The van der Waals surface area contributed by atoms with E-state index in [4.69, 9.17) is 9.47 Å². The number of carbonyl (C=O) groups is 1. The Morgan fingerprint density at radius 3 is 2.96 bits per heavy atom. The lowest BCUT2D eigenvalue weighted by Crippen LogP contribution is -2.27. The average Bonchev–Trinajstić information content (AvgIpc) is 3.06. The lowest BCUT2D eigenvalue weighted by Gasteiger charge is -2.14. The Bertz CT molecular complexity index is 713. The topological polar surface area (TPSA) is 51.7 Å². The summed E-state index contributed by atoms with van der Waals surface area (Å²) in [4.78, 5) is 18.1. The molecule has 0 N–H and O–H groups in total. The Labute approximate surface area is 135 Å². The van der Waals surface area contributed by atoms with Crippen LogP contribution in [0.5, 0.6) is 11.5 Å². The molecule has 0 radical (unpaired) electrons. The number of amides is 1. The molecule has 0 bridgehead atoms. The molecule has 1 aliphatic heterocycles. The second kappa shape index (κ2) is 6.96. The molecule has 118 valence electrons. The van der Waals surface area contributed by atoms with Crippen LogP contribution in [0.4, 0.5) is 0 Å². The van der Waals surface area contributed by atoms with E-state index < -0.39 is 0 Å². The van der Waals surface area contributed by atoms with Gasteiger partial charge in [-0.1, -0.05) is 12.1 Å². The first-order valence-electron chi connectivity index (χ1n) is 7.45. The summed E-state index contributed by atoms with van der Waals surface area (Å²) in [6.07, 6.45) is 5.84. The van der Waals surface area contributed by atoms with Crippen LogP contribution in [0.1, 0.15) is 11.3 Å². The van der Waals surface area contributed by atoms with E-state index in [1.165, 1.54) is 0 Å². The molecule has 0 spiro atoms.